The number of carboxylic acids is 2. The number of rotatable bonds is 22. The maximum atomic E-state index is 11.7. The highest BCUT2D eigenvalue weighted by atomic mass is 16.7. The second-order valence-corrected chi connectivity index (χ2v) is 6.25. The predicted octanol–water partition coefficient (Wildman–Crippen LogP) is -0.0546. The van der Waals surface area contributed by atoms with Crippen molar-refractivity contribution in [1.82, 2.24) is 0 Å². The Kier molecular flexibility index (Phi) is 16.7. The topological polar surface area (TPSA) is 189 Å². The molecule has 14 nitrogen and oxygen atoms in total. The van der Waals surface area contributed by atoms with Gasteiger partial charge in [0.05, 0.1) is 50.8 Å². The summed E-state index contributed by atoms with van der Waals surface area (Å²) in [5.74, 6) is -2.64. The Morgan fingerprint density at radius 1 is 0.588 bits per heavy atom. The third kappa shape index (κ3) is 12.9. The summed E-state index contributed by atoms with van der Waals surface area (Å²) in [4.78, 5) is 23.4. The second-order valence-electron chi connectivity index (χ2n) is 6.25. The lowest BCUT2D eigenvalue weighted by Crippen LogP contribution is -2.15. The molecule has 0 bridgehead atoms. The number of hydrogen-bond acceptors (Lipinski definition) is 12. The van der Waals surface area contributed by atoms with E-state index in [1.165, 1.54) is 12.1 Å². The Morgan fingerprint density at radius 3 is 1.35 bits per heavy atom. The quantitative estimate of drug-likeness (QED) is 0.124. The molecule has 1 aromatic rings. The van der Waals surface area contributed by atoms with E-state index in [2.05, 4.69) is 9.47 Å². The first kappa shape index (κ1) is 29.8. The molecule has 0 fully saturated rings. The van der Waals surface area contributed by atoms with E-state index in [0.717, 1.165) is 0 Å². The van der Waals surface area contributed by atoms with E-state index in [-0.39, 0.29) is 83.5 Å². The number of aliphatic hydroxyl groups is 2. The van der Waals surface area contributed by atoms with Crippen LogP contribution in [0.5, 0.6) is 0 Å². The fourth-order valence-corrected chi connectivity index (χ4v) is 2.44. The highest BCUT2D eigenvalue weighted by Gasteiger charge is 2.20. The number of aliphatic hydroxyl groups excluding tert-OH is 2. The summed E-state index contributed by atoms with van der Waals surface area (Å²) in [6, 6.07) is 2.61. The van der Waals surface area contributed by atoms with Crippen molar-refractivity contribution >= 4 is 11.9 Å². The van der Waals surface area contributed by atoms with Crippen LogP contribution in [0.3, 0.4) is 0 Å². The Bertz CT molecular complexity index is 676. The van der Waals surface area contributed by atoms with Crippen molar-refractivity contribution in [3.05, 3.63) is 34.4 Å². The number of benzene rings is 1. The summed E-state index contributed by atoms with van der Waals surface area (Å²) in [6.45, 7) is -1.10. The Labute approximate surface area is 195 Å². The van der Waals surface area contributed by atoms with Gasteiger partial charge in [-0.25, -0.2) is 9.59 Å². The van der Waals surface area contributed by atoms with E-state index in [9.17, 15) is 19.8 Å². The SMILES string of the molecule is O=C(O)c1cc(COCOCCOCOCO)cc(C(=O)O)c1COCOCCOCOCO. The number of aromatic carboxylic acids is 2. The number of ether oxygens (including phenoxy) is 8. The van der Waals surface area contributed by atoms with E-state index < -0.39 is 25.5 Å². The Morgan fingerprint density at radius 2 is 0.971 bits per heavy atom. The zero-order valence-electron chi connectivity index (χ0n) is 18.5. The molecule has 0 saturated carbocycles. The molecule has 0 aliphatic rings. The zero-order chi connectivity index (χ0) is 25.0. The molecule has 0 amide bonds. The van der Waals surface area contributed by atoms with Crippen molar-refractivity contribution in [2.45, 2.75) is 13.2 Å². The summed E-state index contributed by atoms with van der Waals surface area (Å²) in [7, 11) is 0. The van der Waals surface area contributed by atoms with Crippen molar-refractivity contribution in [1.29, 1.82) is 0 Å². The molecule has 0 spiro atoms. The Balaban J connectivity index is 2.53. The van der Waals surface area contributed by atoms with Crippen molar-refractivity contribution in [3.63, 3.8) is 0 Å². The molecule has 0 aliphatic carbocycles. The molecule has 1 aromatic carbocycles. The van der Waals surface area contributed by atoms with Crippen LogP contribution in [0.2, 0.25) is 0 Å². The number of carboxylic acid groups (broad SMARTS) is 2. The maximum absolute atomic E-state index is 11.7. The minimum Gasteiger partial charge on any atom is -0.478 e. The summed E-state index contributed by atoms with van der Waals surface area (Å²) in [5, 5.41) is 35.9. The molecule has 0 aromatic heterocycles. The smallest absolute Gasteiger partial charge is 0.336 e. The molecule has 4 N–H and O–H groups in total. The van der Waals surface area contributed by atoms with Crippen LogP contribution < -0.4 is 0 Å². The lowest BCUT2D eigenvalue weighted by atomic mass is 9.98. The minimum atomic E-state index is -1.32. The summed E-state index contributed by atoms with van der Waals surface area (Å²) in [5.41, 5.74) is -0.158. The average Bonchev–Trinajstić information content (AvgIpc) is 2.81. The van der Waals surface area contributed by atoms with Crippen LogP contribution in [-0.4, -0.2) is 99.5 Å². The molecule has 1 rings (SSSR count). The van der Waals surface area contributed by atoms with Gasteiger partial charge >= 0.3 is 11.9 Å². The van der Waals surface area contributed by atoms with Crippen LogP contribution in [0.1, 0.15) is 31.8 Å². The lowest BCUT2D eigenvalue weighted by molar-refractivity contribution is -0.128. The predicted molar refractivity (Wildman–Crippen MR) is 110 cm³/mol. The molecule has 0 saturated heterocycles. The standard InChI is InChI=1S/C20H30O14/c21-9-33-13-29-3-1-27-11-31-7-15-5-16(19(23)24)18(17(6-15)20(25)26)8-32-12-28-2-4-30-14-34-10-22/h5-6,21-22H,1-4,7-14H2,(H,23,24)(H,25,26). The molecule has 194 valence electrons. The van der Waals surface area contributed by atoms with Gasteiger partial charge in [0.2, 0.25) is 0 Å². The van der Waals surface area contributed by atoms with Gasteiger partial charge in [-0.1, -0.05) is 0 Å². The van der Waals surface area contributed by atoms with E-state index in [1.54, 1.807) is 0 Å². The average molecular weight is 494 g/mol. The zero-order valence-corrected chi connectivity index (χ0v) is 18.5. The normalized spacial score (nSPS) is 11.1. The van der Waals surface area contributed by atoms with Gasteiger partial charge in [0.15, 0.2) is 0 Å². The number of carbonyl (C=O) groups is 2. The van der Waals surface area contributed by atoms with Gasteiger partial charge in [0.25, 0.3) is 0 Å². The molecule has 0 radical (unpaired) electrons. The van der Waals surface area contributed by atoms with Crippen LogP contribution in [0.4, 0.5) is 0 Å². The van der Waals surface area contributed by atoms with Crippen LogP contribution in [-0.2, 0) is 51.1 Å². The monoisotopic (exact) mass is 494 g/mol. The second kappa shape index (κ2) is 19.1. The maximum Gasteiger partial charge on any atom is 0.336 e. The molecule has 14 heteroatoms. The van der Waals surface area contributed by atoms with Crippen molar-refractivity contribution in [2.24, 2.45) is 0 Å². The van der Waals surface area contributed by atoms with E-state index in [1.807, 2.05) is 0 Å². The summed E-state index contributed by atoms with van der Waals surface area (Å²) < 4.78 is 40.0. The third-order valence-corrected chi connectivity index (χ3v) is 3.88. The first-order valence-electron chi connectivity index (χ1n) is 9.97. The van der Waals surface area contributed by atoms with Crippen LogP contribution in [0.15, 0.2) is 12.1 Å². The van der Waals surface area contributed by atoms with Crippen LogP contribution >= 0.6 is 0 Å². The van der Waals surface area contributed by atoms with Gasteiger partial charge in [0, 0.05) is 5.56 Å². The molecule has 0 aliphatic heterocycles. The van der Waals surface area contributed by atoms with E-state index >= 15 is 0 Å². The first-order chi connectivity index (χ1) is 16.5. The van der Waals surface area contributed by atoms with E-state index in [4.69, 9.17) is 38.6 Å². The lowest BCUT2D eigenvalue weighted by Gasteiger charge is -2.14. The fraction of sp³-hybridized carbons (Fsp3) is 0.600. The minimum absolute atomic E-state index is 0.0153. The highest BCUT2D eigenvalue weighted by molar-refractivity contribution is 5.97. The Hall–Kier alpha value is -2.24. The summed E-state index contributed by atoms with van der Waals surface area (Å²) >= 11 is 0. The fourth-order valence-electron chi connectivity index (χ4n) is 2.44. The van der Waals surface area contributed by atoms with Crippen LogP contribution in [0, 0.1) is 0 Å². The van der Waals surface area contributed by atoms with Crippen molar-refractivity contribution < 1.29 is 67.9 Å². The molecule has 34 heavy (non-hydrogen) atoms. The molecule has 0 unspecified atom stereocenters. The van der Waals surface area contributed by atoms with Gasteiger partial charge in [-0.3, -0.25) is 0 Å². The largest absolute Gasteiger partial charge is 0.478 e. The van der Waals surface area contributed by atoms with Crippen molar-refractivity contribution in [3.8, 4) is 0 Å². The van der Waals surface area contributed by atoms with Gasteiger partial charge in [-0.15, -0.1) is 0 Å². The van der Waals surface area contributed by atoms with Crippen LogP contribution in [0.25, 0.3) is 0 Å². The third-order valence-electron chi connectivity index (χ3n) is 3.88. The number of hydrogen-bond donors (Lipinski definition) is 4. The van der Waals surface area contributed by atoms with Gasteiger partial charge in [0.1, 0.15) is 40.8 Å². The summed E-state index contributed by atoms with van der Waals surface area (Å²) in [6.07, 6.45) is 0. The van der Waals surface area contributed by atoms with Gasteiger partial charge < -0.3 is 58.3 Å². The van der Waals surface area contributed by atoms with Crippen molar-refractivity contribution in [2.75, 3.05) is 67.2 Å². The first-order valence-corrected chi connectivity index (χ1v) is 9.97. The highest BCUT2D eigenvalue weighted by Crippen LogP contribution is 2.21. The molecule has 0 heterocycles. The molecular formula is C20H30O14. The van der Waals surface area contributed by atoms with Gasteiger partial charge in [-0.2, -0.15) is 0 Å². The van der Waals surface area contributed by atoms with E-state index in [0.29, 0.717) is 5.56 Å². The molecular weight excluding hydrogens is 464 g/mol. The van der Waals surface area contributed by atoms with Gasteiger partial charge in [-0.05, 0) is 17.7 Å². The molecule has 0 atom stereocenters.